The number of rotatable bonds is 3. The number of furan rings is 1. The van der Waals surface area contributed by atoms with Gasteiger partial charge < -0.3 is 14.8 Å². The molecular formula is C12H8FNO4. The summed E-state index contributed by atoms with van der Waals surface area (Å²) in [4.78, 5) is 22.2. The highest BCUT2D eigenvalue weighted by Crippen LogP contribution is 2.15. The van der Waals surface area contributed by atoms with Crippen LogP contribution in [0.5, 0.6) is 0 Å². The van der Waals surface area contributed by atoms with E-state index in [9.17, 15) is 14.0 Å². The summed E-state index contributed by atoms with van der Waals surface area (Å²) in [7, 11) is 0. The summed E-state index contributed by atoms with van der Waals surface area (Å²) in [6, 6.07) is 4.80. The first kappa shape index (κ1) is 11.8. The predicted octanol–water partition coefficient (Wildman–Crippen LogP) is 2.37. The van der Waals surface area contributed by atoms with Crippen molar-refractivity contribution in [1.29, 1.82) is 0 Å². The number of carboxylic acid groups (broad SMARTS) is 1. The second-order valence-electron chi connectivity index (χ2n) is 3.47. The molecule has 0 aliphatic rings. The van der Waals surface area contributed by atoms with Crippen LogP contribution in [-0.4, -0.2) is 17.0 Å². The quantitative estimate of drug-likeness (QED) is 0.875. The number of halogens is 1. The highest BCUT2D eigenvalue weighted by Gasteiger charge is 2.12. The summed E-state index contributed by atoms with van der Waals surface area (Å²) < 4.78 is 18.1. The van der Waals surface area contributed by atoms with Gasteiger partial charge in [0.2, 0.25) is 0 Å². The third-order valence-electron chi connectivity index (χ3n) is 2.24. The van der Waals surface area contributed by atoms with E-state index in [0.29, 0.717) is 0 Å². The molecule has 0 radical (unpaired) electrons. The molecule has 0 fully saturated rings. The highest BCUT2D eigenvalue weighted by molar-refractivity contribution is 6.04. The summed E-state index contributed by atoms with van der Waals surface area (Å²) in [5.41, 5.74) is 0.0118. The Kier molecular flexibility index (Phi) is 3.09. The molecule has 0 spiro atoms. The van der Waals surface area contributed by atoms with Crippen LogP contribution in [0.2, 0.25) is 0 Å². The molecule has 0 atom stereocenters. The van der Waals surface area contributed by atoms with Crippen molar-refractivity contribution in [1.82, 2.24) is 0 Å². The maximum absolute atomic E-state index is 13.3. The van der Waals surface area contributed by atoms with Crippen molar-refractivity contribution in [3.8, 4) is 0 Å². The van der Waals surface area contributed by atoms with E-state index in [2.05, 4.69) is 5.32 Å². The molecule has 1 aromatic heterocycles. The van der Waals surface area contributed by atoms with Gasteiger partial charge in [-0.15, -0.1) is 0 Å². The number of carboxylic acids is 1. The summed E-state index contributed by atoms with van der Waals surface area (Å²) in [5.74, 6) is -2.74. The SMILES string of the molecule is O=C(Nc1ccc(C(=O)O)c(F)c1)c1ccoc1. The standard InChI is InChI=1S/C12H8FNO4/c13-10-5-8(1-2-9(10)12(16)17)14-11(15)7-3-4-18-6-7/h1-6H,(H,14,15)(H,16,17). The van der Waals surface area contributed by atoms with Gasteiger partial charge in [-0.05, 0) is 24.3 Å². The second kappa shape index (κ2) is 4.70. The number of hydrogen-bond acceptors (Lipinski definition) is 3. The van der Waals surface area contributed by atoms with Gasteiger partial charge in [0.15, 0.2) is 0 Å². The van der Waals surface area contributed by atoms with Gasteiger partial charge >= 0.3 is 5.97 Å². The Hall–Kier alpha value is -2.63. The molecule has 1 amide bonds. The second-order valence-corrected chi connectivity index (χ2v) is 3.47. The maximum Gasteiger partial charge on any atom is 0.338 e. The first-order valence-electron chi connectivity index (χ1n) is 4.94. The molecule has 5 nitrogen and oxygen atoms in total. The summed E-state index contributed by atoms with van der Waals surface area (Å²) in [6.45, 7) is 0. The van der Waals surface area contributed by atoms with Crippen LogP contribution < -0.4 is 5.32 Å². The zero-order chi connectivity index (χ0) is 13.1. The van der Waals surface area contributed by atoms with Crippen molar-refractivity contribution >= 4 is 17.6 Å². The molecule has 18 heavy (non-hydrogen) atoms. The van der Waals surface area contributed by atoms with E-state index in [1.807, 2.05) is 0 Å². The van der Waals surface area contributed by atoms with E-state index in [-0.39, 0.29) is 11.3 Å². The van der Waals surface area contributed by atoms with E-state index in [1.165, 1.54) is 24.7 Å². The van der Waals surface area contributed by atoms with Gasteiger partial charge in [-0.25, -0.2) is 9.18 Å². The molecule has 1 aromatic carbocycles. The summed E-state index contributed by atoms with van der Waals surface area (Å²) >= 11 is 0. The van der Waals surface area contributed by atoms with Crippen molar-refractivity contribution in [2.45, 2.75) is 0 Å². The number of nitrogens with one attached hydrogen (secondary N) is 1. The van der Waals surface area contributed by atoms with E-state index in [0.717, 1.165) is 12.1 Å². The van der Waals surface area contributed by atoms with Crippen LogP contribution in [-0.2, 0) is 0 Å². The topological polar surface area (TPSA) is 79.5 Å². The van der Waals surface area contributed by atoms with Crippen molar-refractivity contribution in [2.24, 2.45) is 0 Å². The van der Waals surface area contributed by atoms with Crippen LogP contribution in [0, 0.1) is 5.82 Å². The molecule has 0 aliphatic heterocycles. The summed E-state index contributed by atoms with van der Waals surface area (Å²) in [5, 5.41) is 11.1. The average Bonchev–Trinajstić information content (AvgIpc) is 2.81. The minimum absolute atomic E-state index is 0.170. The normalized spacial score (nSPS) is 10.1. The molecular weight excluding hydrogens is 241 g/mol. The van der Waals surface area contributed by atoms with Crippen LogP contribution in [0.15, 0.2) is 41.2 Å². The molecule has 2 rings (SSSR count). The minimum atomic E-state index is -1.36. The fourth-order valence-corrected chi connectivity index (χ4v) is 1.36. The number of carbonyl (C=O) groups is 2. The zero-order valence-corrected chi connectivity index (χ0v) is 9.01. The predicted molar refractivity (Wildman–Crippen MR) is 60.0 cm³/mol. The number of anilines is 1. The number of carbonyl (C=O) groups excluding carboxylic acids is 1. The van der Waals surface area contributed by atoms with E-state index >= 15 is 0 Å². The highest BCUT2D eigenvalue weighted by atomic mass is 19.1. The molecule has 0 saturated heterocycles. The van der Waals surface area contributed by atoms with E-state index in [1.54, 1.807) is 0 Å². The van der Waals surface area contributed by atoms with Gasteiger partial charge in [-0.2, -0.15) is 0 Å². The largest absolute Gasteiger partial charge is 0.478 e. The molecule has 0 unspecified atom stereocenters. The van der Waals surface area contributed by atoms with Crippen molar-refractivity contribution < 1.29 is 23.5 Å². The van der Waals surface area contributed by atoms with Gasteiger partial charge in [0, 0.05) is 5.69 Å². The number of hydrogen-bond donors (Lipinski definition) is 2. The Morgan fingerprint density at radius 2 is 2.06 bits per heavy atom. The summed E-state index contributed by atoms with van der Waals surface area (Å²) in [6.07, 6.45) is 2.58. The Morgan fingerprint density at radius 1 is 1.28 bits per heavy atom. The third kappa shape index (κ3) is 2.37. The zero-order valence-electron chi connectivity index (χ0n) is 9.01. The molecule has 2 aromatic rings. The molecule has 6 heteroatoms. The van der Waals surface area contributed by atoms with Gasteiger partial charge in [0.25, 0.3) is 5.91 Å². The van der Waals surface area contributed by atoms with Gasteiger partial charge in [-0.1, -0.05) is 0 Å². The number of benzene rings is 1. The third-order valence-corrected chi connectivity index (χ3v) is 2.24. The van der Waals surface area contributed by atoms with Gasteiger partial charge in [0.05, 0.1) is 17.4 Å². The van der Waals surface area contributed by atoms with E-state index < -0.39 is 23.3 Å². The molecule has 0 bridgehead atoms. The fraction of sp³-hybridized carbons (Fsp3) is 0. The van der Waals surface area contributed by atoms with Crippen LogP contribution in [0.3, 0.4) is 0 Å². The lowest BCUT2D eigenvalue weighted by Gasteiger charge is -2.04. The lowest BCUT2D eigenvalue weighted by atomic mass is 10.2. The maximum atomic E-state index is 13.3. The van der Waals surface area contributed by atoms with Crippen LogP contribution in [0.25, 0.3) is 0 Å². The molecule has 2 N–H and O–H groups in total. The Bertz CT molecular complexity index is 592. The van der Waals surface area contributed by atoms with Crippen molar-refractivity contribution in [2.75, 3.05) is 5.32 Å². The number of aromatic carboxylic acids is 1. The smallest absolute Gasteiger partial charge is 0.338 e. The van der Waals surface area contributed by atoms with Gasteiger partial charge in [-0.3, -0.25) is 4.79 Å². The monoisotopic (exact) mass is 249 g/mol. The fourth-order valence-electron chi connectivity index (χ4n) is 1.36. The van der Waals surface area contributed by atoms with E-state index in [4.69, 9.17) is 9.52 Å². The Morgan fingerprint density at radius 3 is 2.61 bits per heavy atom. The van der Waals surface area contributed by atoms with Gasteiger partial charge in [0.1, 0.15) is 12.1 Å². The Balaban J connectivity index is 2.18. The lowest BCUT2D eigenvalue weighted by molar-refractivity contribution is 0.0692. The number of amides is 1. The lowest BCUT2D eigenvalue weighted by Crippen LogP contribution is -2.11. The molecule has 0 aliphatic carbocycles. The molecule has 92 valence electrons. The van der Waals surface area contributed by atoms with Crippen LogP contribution in [0.4, 0.5) is 10.1 Å². The van der Waals surface area contributed by atoms with Crippen LogP contribution >= 0.6 is 0 Å². The van der Waals surface area contributed by atoms with Crippen molar-refractivity contribution in [3.63, 3.8) is 0 Å². The Labute approximate surface area is 101 Å². The molecule has 1 heterocycles. The molecule has 0 saturated carbocycles. The minimum Gasteiger partial charge on any atom is -0.478 e. The van der Waals surface area contributed by atoms with Crippen molar-refractivity contribution in [3.05, 3.63) is 53.7 Å². The first-order valence-corrected chi connectivity index (χ1v) is 4.94. The van der Waals surface area contributed by atoms with Crippen LogP contribution in [0.1, 0.15) is 20.7 Å². The first-order chi connectivity index (χ1) is 8.58. The average molecular weight is 249 g/mol.